The summed E-state index contributed by atoms with van der Waals surface area (Å²) >= 11 is 14.1. The van der Waals surface area contributed by atoms with Crippen LogP contribution < -0.4 is 5.32 Å². The zero-order valence-corrected chi connectivity index (χ0v) is 21.5. The molecule has 2 aromatic carbocycles. The van der Waals surface area contributed by atoms with E-state index in [1.807, 2.05) is 52.0 Å². The molecule has 1 atom stereocenters. The second-order valence-corrected chi connectivity index (χ2v) is 10.7. The molecular weight excluding hydrogens is 463 g/mol. The number of thioether (sulfide) groups is 1. The summed E-state index contributed by atoms with van der Waals surface area (Å²) < 4.78 is 0. The van der Waals surface area contributed by atoms with Crippen LogP contribution in [0, 0.1) is 0 Å². The third-order valence-corrected chi connectivity index (χ3v) is 6.43. The lowest BCUT2D eigenvalue weighted by molar-refractivity contribution is -0.141. The van der Waals surface area contributed by atoms with Crippen LogP contribution in [0.15, 0.2) is 48.5 Å². The number of rotatable bonds is 10. The summed E-state index contributed by atoms with van der Waals surface area (Å²) in [6.45, 7) is 7.97. The number of carbonyl (C=O) groups is 2. The largest absolute Gasteiger partial charge is 0.350 e. The van der Waals surface area contributed by atoms with E-state index >= 15 is 0 Å². The first-order chi connectivity index (χ1) is 15.1. The molecule has 0 aromatic heterocycles. The van der Waals surface area contributed by atoms with Crippen molar-refractivity contribution in [1.29, 1.82) is 0 Å². The molecule has 0 aliphatic heterocycles. The van der Waals surface area contributed by atoms with Gasteiger partial charge in [-0.3, -0.25) is 9.59 Å². The van der Waals surface area contributed by atoms with Gasteiger partial charge >= 0.3 is 0 Å². The molecule has 0 saturated carbocycles. The Hall–Kier alpha value is -1.69. The topological polar surface area (TPSA) is 49.4 Å². The van der Waals surface area contributed by atoms with Crippen LogP contribution in [0.5, 0.6) is 0 Å². The number of benzene rings is 2. The zero-order chi connectivity index (χ0) is 23.7. The van der Waals surface area contributed by atoms with Gasteiger partial charge in [-0.2, -0.15) is 11.8 Å². The van der Waals surface area contributed by atoms with Crippen LogP contribution in [-0.2, 0) is 21.9 Å². The minimum Gasteiger partial charge on any atom is -0.350 e. The molecule has 2 rings (SSSR count). The number of carbonyl (C=O) groups excluding carboxylic acids is 2. The maximum atomic E-state index is 13.3. The van der Waals surface area contributed by atoms with E-state index in [0.717, 1.165) is 11.3 Å². The normalized spacial score (nSPS) is 12.3. The van der Waals surface area contributed by atoms with Gasteiger partial charge in [0, 0.05) is 40.1 Å². The molecule has 0 aliphatic rings. The summed E-state index contributed by atoms with van der Waals surface area (Å²) in [5, 5.41) is 4.03. The molecule has 0 spiro atoms. The van der Waals surface area contributed by atoms with Crippen LogP contribution in [0.25, 0.3) is 0 Å². The third-order valence-electron chi connectivity index (χ3n) is 4.81. The summed E-state index contributed by atoms with van der Waals surface area (Å²) in [5.74, 6) is 1.30. The van der Waals surface area contributed by atoms with E-state index in [1.165, 1.54) is 5.56 Å². The van der Waals surface area contributed by atoms with E-state index < -0.39 is 6.04 Å². The molecule has 2 aromatic rings. The first-order valence-corrected chi connectivity index (χ1v) is 12.7. The molecule has 0 bridgehead atoms. The highest BCUT2D eigenvalue weighted by molar-refractivity contribution is 7.98. The molecule has 174 valence electrons. The van der Waals surface area contributed by atoms with Crippen LogP contribution in [-0.4, -0.2) is 34.0 Å². The van der Waals surface area contributed by atoms with Gasteiger partial charge < -0.3 is 10.2 Å². The number of hydrogen-bond donors (Lipinski definition) is 1. The molecule has 32 heavy (non-hydrogen) atoms. The molecule has 0 unspecified atom stereocenters. The van der Waals surface area contributed by atoms with Crippen molar-refractivity contribution >= 4 is 46.8 Å². The van der Waals surface area contributed by atoms with Gasteiger partial charge in [0.1, 0.15) is 6.04 Å². The standard InChI is InChI=1S/C25H32Cl2N2O2S/c1-5-22(24(31)28-25(2,3)4)29(16-19-11-12-20(26)15-21(19)27)23(30)13-14-32-17-18-9-7-6-8-10-18/h6-12,15,22H,5,13-14,16-17H2,1-4H3,(H,28,31)/t22-/m0/s1. The minimum absolute atomic E-state index is 0.0625. The Morgan fingerprint density at radius 3 is 2.38 bits per heavy atom. The Morgan fingerprint density at radius 1 is 1.09 bits per heavy atom. The van der Waals surface area contributed by atoms with E-state index in [9.17, 15) is 9.59 Å². The summed E-state index contributed by atoms with van der Waals surface area (Å²) in [6.07, 6.45) is 0.859. The Morgan fingerprint density at radius 2 is 1.78 bits per heavy atom. The van der Waals surface area contributed by atoms with Gasteiger partial charge in [-0.05, 0) is 50.5 Å². The molecule has 1 N–H and O–H groups in total. The van der Waals surface area contributed by atoms with Crippen molar-refractivity contribution in [3.8, 4) is 0 Å². The van der Waals surface area contributed by atoms with Crippen LogP contribution in [0.3, 0.4) is 0 Å². The molecule has 0 radical (unpaired) electrons. The Balaban J connectivity index is 2.13. The summed E-state index contributed by atoms with van der Waals surface area (Å²) in [7, 11) is 0. The maximum absolute atomic E-state index is 13.3. The first-order valence-electron chi connectivity index (χ1n) is 10.8. The predicted molar refractivity (Wildman–Crippen MR) is 136 cm³/mol. The molecule has 4 nitrogen and oxygen atoms in total. The average Bonchev–Trinajstić information content (AvgIpc) is 2.72. The fraction of sp³-hybridized carbons (Fsp3) is 0.440. The number of amides is 2. The van der Waals surface area contributed by atoms with Crippen molar-refractivity contribution in [2.45, 2.75) is 64.4 Å². The van der Waals surface area contributed by atoms with Gasteiger partial charge in [-0.25, -0.2) is 0 Å². The second-order valence-electron chi connectivity index (χ2n) is 8.71. The maximum Gasteiger partial charge on any atom is 0.243 e. The molecular formula is C25H32Cl2N2O2S. The Bertz CT molecular complexity index is 901. The molecule has 0 saturated heterocycles. The van der Waals surface area contributed by atoms with Crippen LogP contribution >= 0.6 is 35.0 Å². The van der Waals surface area contributed by atoms with Gasteiger partial charge in [0.25, 0.3) is 0 Å². The molecule has 0 aliphatic carbocycles. The van der Waals surface area contributed by atoms with E-state index in [1.54, 1.807) is 28.8 Å². The number of hydrogen-bond acceptors (Lipinski definition) is 3. The van der Waals surface area contributed by atoms with Crippen LogP contribution in [0.4, 0.5) is 0 Å². The SMILES string of the molecule is CC[C@@H](C(=O)NC(C)(C)C)N(Cc1ccc(Cl)cc1Cl)C(=O)CCSCc1ccccc1. The third kappa shape index (κ3) is 8.68. The van der Waals surface area contributed by atoms with Gasteiger partial charge in [-0.15, -0.1) is 0 Å². The smallest absolute Gasteiger partial charge is 0.243 e. The Kier molecular flexibility index (Phi) is 10.4. The summed E-state index contributed by atoms with van der Waals surface area (Å²) in [4.78, 5) is 27.9. The lowest BCUT2D eigenvalue weighted by Gasteiger charge is -2.33. The fourth-order valence-electron chi connectivity index (χ4n) is 3.27. The zero-order valence-electron chi connectivity index (χ0n) is 19.2. The van der Waals surface area contributed by atoms with Crippen molar-refractivity contribution in [2.75, 3.05) is 5.75 Å². The van der Waals surface area contributed by atoms with Crippen molar-refractivity contribution in [3.05, 3.63) is 69.7 Å². The predicted octanol–water partition coefficient (Wildman–Crippen LogP) is 6.34. The minimum atomic E-state index is -0.576. The average molecular weight is 496 g/mol. The summed E-state index contributed by atoms with van der Waals surface area (Å²) in [5.41, 5.74) is 1.61. The van der Waals surface area contributed by atoms with Crippen molar-refractivity contribution in [2.24, 2.45) is 0 Å². The Labute approximate surface area is 206 Å². The van der Waals surface area contributed by atoms with E-state index in [4.69, 9.17) is 23.2 Å². The number of nitrogens with one attached hydrogen (secondary N) is 1. The highest BCUT2D eigenvalue weighted by atomic mass is 35.5. The molecule has 0 fully saturated rings. The molecule has 7 heteroatoms. The first kappa shape index (κ1) is 26.6. The molecule has 0 heterocycles. The second kappa shape index (κ2) is 12.5. The highest BCUT2D eigenvalue weighted by Gasteiger charge is 2.30. The van der Waals surface area contributed by atoms with Gasteiger partial charge in [0.2, 0.25) is 11.8 Å². The number of nitrogens with zero attached hydrogens (tertiary/aromatic N) is 1. The van der Waals surface area contributed by atoms with Crippen molar-refractivity contribution in [3.63, 3.8) is 0 Å². The van der Waals surface area contributed by atoms with Gasteiger partial charge in [-0.1, -0.05) is 66.5 Å². The lowest BCUT2D eigenvalue weighted by Crippen LogP contribution is -2.53. The summed E-state index contributed by atoms with van der Waals surface area (Å²) in [6, 6.07) is 14.8. The molecule has 2 amide bonds. The highest BCUT2D eigenvalue weighted by Crippen LogP contribution is 2.24. The lowest BCUT2D eigenvalue weighted by atomic mass is 10.1. The quantitative estimate of drug-likeness (QED) is 0.392. The van der Waals surface area contributed by atoms with Crippen molar-refractivity contribution in [1.82, 2.24) is 10.2 Å². The van der Waals surface area contributed by atoms with Crippen LogP contribution in [0.2, 0.25) is 10.0 Å². The van der Waals surface area contributed by atoms with Gasteiger partial charge in [0.15, 0.2) is 0 Å². The van der Waals surface area contributed by atoms with Crippen LogP contribution in [0.1, 0.15) is 51.7 Å². The van der Waals surface area contributed by atoms with Gasteiger partial charge in [0.05, 0.1) is 0 Å². The number of halogens is 2. The van der Waals surface area contributed by atoms with Crippen molar-refractivity contribution < 1.29 is 9.59 Å². The monoisotopic (exact) mass is 494 g/mol. The fourth-order valence-corrected chi connectivity index (χ4v) is 4.63. The van der Waals surface area contributed by atoms with E-state index in [0.29, 0.717) is 28.6 Å². The van der Waals surface area contributed by atoms with E-state index in [2.05, 4.69) is 17.4 Å². The van der Waals surface area contributed by atoms with E-state index in [-0.39, 0.29) is 23.9 Å².